The molecule has 0 aromatic carbocycles. The molecule has 4 aliphatic carbocycles. The van der Waals surface area contributed by atoms with Gasteiger partial charge in [-0.1, -0.05) is 19.9 Å². The van der Waals surface area contributed by atoms with Crippen molar-refractivity contribution < 1.29 is 39.1 Å². The zero-order valence-corrected chi connectivity index (χ0v) is 23.1. The van der Waals surface area contributed by atoms with E-state index in [0.717, 1.165) is 43.3 Å². The molecular formula is C30H44O8. The highest BCUT2D eigenvalue weighted by atomic mass is 16.7. The Morgan fingerprint density at radius 3 is 2.58 bits per heavy atom. The summed E-state index contributed by atoms with van der Waals surface area (Å²) in [6.07, 6.45) is 7.08. The van der Waals surface area contributed by atoms with Crippen molar-refractivity contribution in [3.8, 4) is 0 Å². The van der Waals surface area contributed by atoms with Gasteiger partial charge in [-0.15, -0.1) is 0 Å². The minimum Gasteiger partial charge on any atom is -0.458 e. The summed E-state index contributed by atoms with van der Waals surface area (Å²) in [6.45, 7) is 6.62. The molecule has 6 aliphatic rings. The molecule has 3 saturated carbocycles. The van der Waals surface area contributed by atoms with Crippen LogP contribution >= 0.6 is 0 Å². The predicted octanol–water partition coefficient (Wildman–Crippen LogP) is 3.03. The Labute approximate surface area is 225 Å². The van der Waals surface area contributed by atoms with E-state index >= 15 is 0 Å². The molecular weight excluding hydrogens is 488 g/mol. The first-order valence-electron chi connectivity index (χ1n) is 14.5. The number of esters is 1. The standard InChI is InChI=1S/C30H44O8/c1-16-27(33)24(35-4)13-26(37-16)38-23-12-18-5-6-21-20(28(18,2)14-22(23)31)7-9-29(3)19(8-10-30(21,29)34)17-11-25(32)36-15-17/h8,11,16,18,20-24,26-27,31,33-34H,5-7,9-10,12-15H2,1-4H3. The number of fused-ring (bicyclic) bond motifs is 5. The molecule has 0 spiro atoms. The first-order chi connectivity index (χ1) is 18.0. The van der Waals surface area contributed by atoms with Gasteiger partial charge in [0.15, 0.2) is 6.29 Å². The van der Waals surface area contributed by atoms with Crippen LogP contribution in [-0.4, -0.2) is 77.4 Å². The highest BCUT2D eigenvalue weighted by Crippen LogP contribution is 2.68. The largest absolute Gasteiger partial charge is 0.458 e. The zero-order valence-electron chi connectivity index (χ0n) is 23.1. The molecule has 12 unspecified atom stereocenters. The molecule has 0 amide bonds. The molecule has 8 nitrogen and oxygen atoms in total. The number of methoxy groups -OCH3 is 1. The van der Waals surface area contributed by atoms with Gasteiger partial charge in [-0.25, -0.2) is 4.79 Å². The van der Waals surface area contributed by atoms with E-state index in [4.69, 9.17) is 18.9 Å². The van der Waals surface area contributed by atoms with E-state index in [9.17, 15) is 20.1 Å². The summed E-state index contributed by atoms with van der Waals surface area (Å²) in [5.74, 6) is 0.562. The molecule has 0 radical (unpaired) electrons. The van der Waals surface area contributed by atoms with Crippen LogP contribution in [-0.2, 0) is 23.7 Å². The molecule has 8 heteroatoms. The SMILES string of the molecule is COC1CC(OC2CC3CCC4C(CCC5(C)C(C6=CC(=O)OC6)=CCC45O)C3(C)CC2O)OC(C)C1O. The molecule has 0 aromatic rings. The van der Waals surface area contributed by atoms with Crippen LogP contribution in [0.2, 0.25) is 0 Å². The lowest BCUT2D eigenvalue weighted by Crippen LogP contribution is -2.63. The van der Waals surface area contributed by atoms with Gasteiger partial charge in [0.2, 0.25) is 0 Å². The third-order valence-electron chi connectivity index (χ3n) is 11.7. The van der Waals surface area contributed by atoms with Crippen LogP contribution in [0.5, 0.6) is 0 Å². The average Bonchev–Trinajstić information content (AvgIpc) is 3.41. The van der Waals surface area contributed by atoms with E-state index in [1.807, 2.05) is 6.92 Å². The number of carbonyl (C=O) groups is 1. The minimum absolute atomic E-state index is 0.0836. The molecule has 1 saturated heterocycles. The Morgan fingerprint density at radius 2 is 1.87 bits per heavy atom. The number of ether oxygens (including phenoxy) is 4. The highest BCUT2D eigenvalue weighted by Gasteiger charge is 2.66. The summed E-state index contributed by atoms with van der Waals surface area (Å²) < 4.78 is 22.9. The third-order valence-corrected chi connectivity index (χ3v) is 11.7. The number of hydrogen-bond acceptors (Lipinski definition) is 8. The smallest absolute Gasteiger partial charge is 0.331 e. The maximum atomic E-state index is 12.4. The van der Waals surface area contributed by atoms with E-state index in [2.05, 4.69) is 19.9 Å². The molecule has 3 N–H and O–H groups in total. The minimum atomic E-state index is -0.855. The fourth-order valence-electron chi connectivity index (χ4n) is 9.49. The summed E-state index contributed by atoms with van der Waals surface area (Å²) in [7, 11) is 1.59. The van der Waals surface area contributed by atoms with Crippen molar-refractivity contribution in [3.05, 3.63) is 23.3 Å². The summed E-state index contributed by atoms with van der Waals surface area (Å²) in [6, 6.07) is 0. The van der Waals surface area contributed by atoms with Crippen molar-refractivity contribution >= 4 is 5.97 Å². The van der Waals surface area contributed by atoms with Gasteiger partial charge < -0.3 is 34.3 Å². The maximum absolute atomic E-state index is 12.4. The second kappa shape index (κ2) is 9.38. The quantitative estimate of drug-likeness (QED) is 0.374. The third kappa shape index (κ3) is 3.89. The summed E-state index contributed by atoms with van der Waals surface area (Å²) >= 11 is 0. The summed E-state index contributed by atoms with van der Waals surface area (Å²) in [5, 5.41) is 34.0. The molecule has 2 aliphatic heterocycles. The van der Waals surface area contributed by atoms with Gasteiger partial charge >= 0.3 is 5.97 Å². The van der Waals surface area contributed by atoms with Crippen molar-refractivity contribution in [3.63, 3.8) is 0 Å². The first-order valence-corrected chi connectivity index (χ1v) is 14.5. The van der Waals surface area contributed by atoms with Gasteiger partial charge in [0.1, 0.15) is 12.7 Å². The van der Waals surface area contributed by atoms with Crippen molar-refractivity contribution in [1.29, 1.82) is 0 Å². The Hall–Kier alpha value is -1.29. The van der Waals surface area contributed by atoms with Crippen LogP contribution in [0.1, 0.15) is 72.1 Å². The number of aliphatic hydroxyl groups excluding tert-OH is 2. The Kier molecular flexibility index (Phi) is 6.64. The lowest BCUT2D eigenvalue weighted by Gasteiger charge is -2.64. The normalized spacial score (nSPS) is 52.4. The van der Waals surface area contributed by atoms with Crippen molar-refractivity contribution in [1.82, 2.24) is 0 Å². The molecule has 12 atom stereocenters. The first kappa shape index (κ1) is 26.9. The zero-order chi connectivity index (χ0) is 27.0. The predicted molar refractivity (Wildman–Crippen MR) is 138 cm³/mol. The lowest BCUT2D eigenvalue weighted by molar-refractivity contribution is -0.286. The van der Waals surface area contributed by atoms with Crippen LogP contribution in [0.3, 0.4) is 0 Å². The number of aliphatic hydroxyl groups is 3. The van der Waals surface area contributed by atoms with Gasteiger partial charge in [-0.05, 0) is 80.6 Å². The number of carbonyl (C=O) groups excluding carboxylic acids is 1. The highest BCUT2D eigenvalue weighted by molar-refractivity contribution is 5.86. The van der Waals surface area contributed by atoms with Crippen molar-refractivity contribution in [2.45, 2.75) is 115 Å². The number of cyclic esters (lactones) is 1. The van der Waals surface area contributed by atoms with Gasteiger partial charge in [-0.2, -0.15) is 0 Å². The Balaban J connectivity index is 1.18. The van der Waals surface area contributed by atoms with Crippen molar-refractivity contribution in [2.75, 3.05) is 13.7 Å². The molecule has 6 rings (SSSR count). The summed E-state index contributed by atoms with van der Waals surface area (Å²) in [4.78, 5) is 11.8. The van der Waals surface area contributed by atoms with Gasteiger partial charge in [-0.3, -0.25) is 0 Å². The fourth-order valence-corrected chi connectivity index (χ4v) is 9.49. The van der Waals surface area contributed by atoms with E-state index in [-0.39, 0.29) is 29.5 Å². The molecule has 4 fully saturated rings. The van der Waals surface area contributed by atoms with Crippen LogP contribution in [0.15, 0.2) is 23.3 Å². The Bertz CT molecular complexity index is 1020. The van der Waals surface area contributed by atoms with Gasteiger partial charge in [0, 0.05) is 30.6 Å². The monoisotopic (exact) mass is 532 g/mol. The number of hydrogen-bond donors (Lipinski definition) is 3. The van der Waals surface area contributed by atoms with E-state index in [0.29, 0.717) is 37.7 Å². The van der Waals surface area contributed by atoms with Crippen LogP contribution in [0.4, 0.5) is 0 Å². The second-order valence-electron chi connectivity index (χ2n) is 13.3. The van der Waals surface area contributed by atoms with Crippen molar-refractivity contribution in [2.24, 2.45) is 28.6 Å². The molecule has 0 aromatic heterocycles. The summed E-state index contributed by atoms with van der Waals surface area (Å²) in [5.41, 5.74) is 0.677. The molecule has 0 bridgehead atoms. The number of rotatable bonds is 4. The van der Waals surface area contributed by atoms with Crippen LogP contribution in [0.25, 0.3) is 0 Å². The topological polar surface area (TPSA) is 115 Å². The second-order valence-corrected chi connectivity index (χ2v) is 13.3. The van der Waals surface area contributed by atoms with Gasteiger partial charge in [0.25, 0.3) is 0 Å². The molecule has 212 valence electrons. The maximum Gasteiger partial charge on any atom is 0.331 e. The molecule has 38 heavy (non-hydrogen) atoms. The lowest BCUT2D eigenvalue weighted by atomic mass is 9.43. The van der Waals surface area contributed by atoms with Crippen LogP contribution in [0, 0.1) is 28.6 Å². The van der Waals surface area contributed by atoms with Gasteiger partial charge in [0.05, 0.1) is 30.0 Å². The van der Waals surface area contributed by atoms with E-state index in [1.165, 1.54) is 0 Å². The molecule has 2 heterocycles. The fraction of sp³-hybridized carbons (Fsp3) is 0.833. The van der Waals surface area contributed by atoms with E-state index < -0.39 is 35.6 Å². The Morgan fingerprint density at radius 1 is 1.08 bits per heavy atom. The average molecular weight is 533 g/mol. The van der Waals surface area contributed by atoms with E-state index in [1.54, 1.807) is 13.2 Å². The van der Waals surface area contributed by atoms with Crippen LogP contribution < -0.4 is 0 Å².